The maximum Gasteiger partial charge on any atom is 0.356 e. The van der Waals surface area contributed by atoms with E-state index in [2.05, 4.69) is 4.74 Å². The van der Waals surface area contributed by atoms with Crippen LogP contribution in [0.4, 0.5) is 0 Å². The first-order valence-corrected chi connectivity index (χ1v) is 4.34. The Morgan fingerprint density at radius 3 is 1.90 bits per heavy atom. The van der Waals surface area contributed by atoms with Crippen LogP contribution < -0.4 is 0 Å². The molecule has 0 saturated carbocycles. The van der Waals surface area contributed by atoms with E-state index in [0.717, 1.165) is 7.11 Å². The summed E-state index contributed by atoms with van der Waals surface area (Å²) in [6, 6.07) is 0. The summed E-state index contributed by atoms with van der Waals surface area (Å²) in [7, 11) is -3.17. The molecule has 3 N–H and O–H groups in total. The van der Waals surface area contributed by atoms with Crippen LogP contribution in [-0.4, -0.2) is 34.0 Å². The number of methoxy groups -OCH3 is 1. The molecule has 0 spiro atoms. The molecule has 0 aromatic carbocycles. The topological polar surface area (TPSA) is 87.0 Å². The third-order valence-electron chi connectivity index (χ3n) is 0.986. The smallest absolute Gasteiger partial charge is 0.356 e. The summed E-state index contributed by atoms with van der Waals surface area (Å²) in [5.74, 6) is -1.41. The SMILES string of the molecule is COC(C(C)O)P(=O)(O)O. The van der Waals surface area contributed by atoms with Crippen molar-refractivity contribution >= 4 is 7.60 Å². The molecule has 0 aromatic rings. The van der Waals surface area contributed by atoms with E-state index in [1.165, 1.54) is 6.92 Å². The van der Waals surface area contributed by atoms with Crippen LogP contribution in [-0.2, 0) is 9.30 Å². The third-order valence-corrected chi connectivity index (χ3v) is 2.29. The summed E-state index contributed by atoms with van der Waals surface area (Å²) in [4.78, 5) is 16.9. The molecule has 0 aliphatic heterocycles. The average molecular weight is 170 g/mol. The molecule has 6 heteroatoms. The molecular formula is C4H11O5P. The zero-order valence-corrected chi connectivity index (χ0v) is 6.65. The van der Waals surface area contributed by atoms with Crippen molar-refractivity contribution in [3.05, 3.63) is 0 Å². The van der Waals surface area contributed by atoms with Gasteiger partial charge in [-0.2, -0.15) is 0 Å². The zero-order valence-electron chi connectivity index (χ0n) is 5.76. The molecule has 0 aliphatic rings. The largest absolute Gasteiger partial charge is 0.390 e. The second-order valence-electron chi connectivity index (χ2n) is 1.96. The van der Waals surface area contributed by atoms with Crippen molar-refractivity contribution in [2.24, 2.45) is 0 Å². The minimum absolute atomic E-state index is 1.14. The van der Waals surface area contributed by atoms with Crippen LogP contribution in [0.1, 0.15) is 6.92 Å². The highest BCUT2D eigenvalue weighted by atomic mass is 31.2. The highest BCUT2D eigenvalue weighted by Gasteiger charge is 2.32. The summed E-state index contributed by atoms with van der Waals surface area (Å²) < 4.78 is 14.8. The Morgan fingerprint density at radius 2 is 1.90 bits per heavy atom. The Morgan fingerprint density at radius 1 is 1.50 bits per heavy atom. The highest BCUT2D eigenvalue weighted by Crippen LogP contribution is 2.42. The van der Waals surface area contributed by atoms with E-state index < -0.39 is 19.5 Å². The van der Waals surface area contributed by atoms with Gasteiger partial charge in [-0.1, -0.05) is 0 Å². The molecule has 0 aliphatic carbocycles. The second kappa shape index (κ2) is 3.46. The van der Waals surface area contributed by atoms with Gasteiger partial charge in [0.05, 0.1) is 6.10 Å². The Hall–Kier alpha value is 0.0700. The lowest BCUT2D eigenvalue weighted by molar-refractivity contribution is 0.0318. The molecule has 0 amide bonds. The molecule has 0 heterocycles. The van der Waals surface area contributed by atoms with E-state index in [9.17, 15) is 4.57 Å². The molecule has 0 rings (SSSR count). The number of aliphatic hydroxyl groups is 1. The quantitative estimate of drug-likeness (QED) is 0.498. The predicted octanol–water partition coefficient (Wildman–Crippen LogP) is -0.483. The van der Waals surface area contributed by atoms with Crippen LogP contribution >= 0.6 is 7.60 Å². The van der Waals surface area contributed by atoms with Gasteiger partial charge in [-0.25, -0.2) is 0 Å². The molecule has 0 bridgehead atoms. The summed E-state index contributed by atoms with van der Waals surface area (Å²) >= 11 is 0. The normalized spacial score (nSPS) is 18.5. The van der Waals surface area contributed by atoms with E-state index >= 15 is 0 Å². The van der Waals surface area contributed by atoms with Gasteiger partial charge in [0.25, 0.3) is 0 Å². The van der Waals surface area contributed by atoms with Crippen LogP contribution in [0.5, 0.6) is 0 Å². The highest BCUT2D eigenvalue weighted by molar-refractivity contribution is 7.52. The van der Waals surface area contributed by atoms with Gasteiger partial charge >= 0.3 is 7.60 Å². The van der Waals surface area contributed by atoms with Crippen molar-refractivity contribution in [2.45, 2.75) is 18.9 Å². The lowest BCUT2D eigenvalue weighted by Crippen LogP contribution is -2.24. The van der Waals surface area contributed by atoms with E-state index in [-0.39, 0.29) is 0 Å². The van der Waals surface area contributed by atoms with Crippen LogP contribution in [0.25, 0.3) is 0 Å². The fourth-order valence-electron chi connectivity index (χ4n) is 0.615. The predicted molar refractivity (Wildman–Crippen MR) is 34.5 cm³/mol. The van der Waals surface area contributed by atoms with Crippen molar-refractivity contribution in [3.8, 4) is 0 Å². The summed E-state index contributed by atoms with van der Waals surface area (Å²) in [6.07, 6.45) is -1.16. The maximum atomic E-state index is 10.4. The standard InChI is InChI=1S/C4H11O5P/c1-3(5)4(9-2)10(6,7)8/h3-5H,1-2H3,(H2,6,7,8). The molecule has 0 radical (unpaired) electrons. The molecule has 0 saturated heterocycles. The molecule has 2 unspecified atom stereocenters. The van der Waals surface area contributed by atoms with Crippen molar-refractivity contribution in [1.29, 1.82) is 0 Å². The number of aliphatic hydroxyl groups excluding tert-OH is 1. The molecule has 0 aromatic heterocycles. The van der Waals surface area contributed by atoms with Crippen molar-refractivity contribution in [1.82, 2.24) is 0 Å². The Labute approximate surface area is 58.8 Å². The zero-order chi connectivity index (χ0) is 8.36. The van der Waals surface area contributed by atoms with Crippen molar-refractivity contribution in [2.75, 3.05) is 7.11 Å². The summed E-state index contributed by atoms with van der Waals surface area (Å²) in [5.41, 5.74) is 0. The first-order chi connectivity index (χ1) is 4.39. The van der Waals surface area contributed by atoms with Crippen LogP contribution in [0.15, 0.2) is 0 Å². The van der Waals surface area contributed by atoms with Crippen molar-refractivity contribution in [3.63, 3.8) is 0 Å². The second-order valence-corrected chi connectivity index (χ2v) is 3.64. The van der Waals surface area contributed by atoms with E-state index in [1.807, 2.05) is 0 Å². The molecule has 0 fully saturated rings. The first-order valence-electron chi connectivity index (χ1n) is 2.65. The molecule has 2 atom stereocenters. The molecule has 10 heavy (non-hydrogen) atoms. The van der Waals surface area contributed by atoms with Gasteiger partial charge in [-0.3, -0.25) is 4.57 Å². The average Bonchev–Trinajstić information content (AvgIpc) is 1.60. The van der Waals surface area contributed by atoms with Gasteiger partial charge in [0.1, 0.15) is 0 Å². The molecular weight excluding hydrogens is 159 g/mol. The Balaban J connectivity index is 4.22. The lowest BCUT2D eigenvalue weighted by atomic mass is 10.4. The van der Waals surface area contributed by atoms with Gasteiger partial charge in [0.2, 0.25) is 0 Å². The van der Waals surface area contributed by atoms with Crippen LogP contribution in [0.2, 0.25) is 0 Å². The number of hydrogen-bond acceptors (Lipinski definition) is 3. The van der Waals surface area contributed by atoms with Gasteiger partial charge in [-0.15, -0.1) is 0 Å². The van der Waals surface area contributed by atoms with Crippen LogP contribution in [0, 0.1) is 0 Å². The Kier molecular flexibility index (Phi) is 3.48. The molecule has 5 nitrogen and oxygen atoms in total. The minimum Gasteiger partial charge on any atom is -0.390 e. The maximum absolute atomic E-state index is 10.4. The number of hydrogen-bond donors (Lipinski definition) is 3. The van der Waals surface area contributed by atoms with Gasteiger partial charge in [-0.05, 0) is 6.92 Å². The number of rotatable bonds is 3. The molecule has 62 valence electrons. The monoisotopic (exact) mass is 170 g/mol. The first kappa shape index (κ1) is 10.1. The number of ether oxygens (including phenoxy) is 1. The third kappa shape index (κ3) is 2.77. The fourth-order valence-corrected chi connectivity index (χ4v) is 1.45. The van der Waals surface area contributed by atoms with Gasteiger partial charge in [0.15, 0.2) is 5.85 Å². The Bertz CT molecular complexity index is 139. The van der Waals surface area contributed by atoms with E-state index in [1.54, 1.807) is 0 Å². The van der Waals surface area contributed by atoms with Gasteiger partial charge in [0, 0.05) is 7.11 Å². The fraction of sp³-hybridized carbons (Fsp3) is 1.00. The lowest BCUT2D eigenvalue weighted by Gasteiger charge is -2.18. The van der Waals surface area contributed by atoms with Crippen molar-refractivity contribution < 1.29 is 24.2 Å². The van der Waals surface area contributed by atoms with E-state index in [4.69, 9.17) is 14.9 Å². The summed E-state index contributed by atoms with van der Waals surface area (Å²) in [6.45, 7) is 1.26. The van der Waals surface area contributed by atoms with Gasteiger partial charge < -0.3 is 19.6 Å². The minimum atomic E-state index is -4.30. The summed E-state index contributed by atoms with van der Waals surface area (Å²) in [5, 5.41) is 8.73. The van der Waals surface area contributed by atoms with E-state index in [0.29, 0.717) is 0 Å². The van der Waals surface area contributed by atoms with Crippen LogP contribution in [0.3, 0.4) is 0 Å².